The number of amides is 1. The van der Waals surface area contributed by atoms with Crippen LogP contribution in [-0.2, 0) is 9.59 Å². The lowest BCUT2D eigenvalue weighted by Gasteiger charge is -2.06. The van der Waals surface area contributed by atoms with E-state index in [2.05, 4.69) is 15.3 Å². The molecule has 20 heavy (non-hydrogen) atoms. The van der Waals surface area contributed by atoms with Crippen molar-refractivity contribution in [2.45, 2.75) is 12.8 Å². The molecule has 0 saturated heterocycles. The van der Waals surface area contributed by atoms with Crippen LogP contribution >= 0.6 is 0 Å². The number of nitrogens with one attached hydrogen (secondary N) is 1. The lowest BCUT2D eigenvalue weighted by atomic mass is 10.1. The molecule has 1 heterocycles. The zero-order chi connectivity index (χ0) is 14.4. The Morgan fingerprint density at radius 3 is 2.55 bits per heavy atom. The van der Waals surface area contributed by atoms with Crippen molar-refractivity contribution >= 4 is 17.6 Å². The quantitative estimate of drug-likeness (QED) is 0.867. The van der Waals surface area contributed by atoms with Crippen LogP contribution in [0.25, 0.3) is 11.1 Å². The first-order valence-corrected chi connectivity index (χ1v) is 6.02. The van der Waals surface area contributed by atoms with Crippen molar-refractivity contribution in [3.8, 4) is 11.1 Å². The van der Waals surface area contributed by atoms with Crippen molar-refractivity contribution in [2.75, 3.05) is 5.32 Å². The van der Waals surface area contributed by atoms with Crippen LogP contribution in [0.3, 0.4) is 0 Å². The molecule has 0 aliphatic heterocycles. The summed E-state index contributed by atoms with van der Waals surface area (Å²) < 4.78 is 0. The lowest BCUT2D eigenvalue weighted by molar-refractivity contribution is -0.138. The van der Waals surface area contributed by atoms with E-state index in [0.29, 0.717) is 5.69 Å². The standard InChI is InChI=1S/C14H13N3O3/c18-13(4-5-14(19)20)17-12-3-1-2-10(6-12)11-7-15-9-16-8-11/h1-3,6-9H,4-5H2,(H,17,18)(H,19,20). The summed E-state index contributed by atoms with van der Waals surface area (Å²) in [6.07, 6.45) is 4.57. The van der Waals surface area contributed by atoms with Crippen molar-refractivity contribution in [1.29, 1.82) is 0 Å². The third kappa shape index (κ3) is 3.88. The van der Waals surface area contributed by atoms with Gasteiger partial charge in [0.05, 0.1) is 6.42 Å². The number of carboxylic acid groups (broad SMARTS) is 1. The molecule has 1 aromatic carbocycles. The Hall–Kier alpha value is -2.76. The van der Waals surface area contributed by atoms with E-state index in [-0.39, 0.29) is 18.7 Å². The number of benzene rings is 1. The van der Waals surface area contributed by atoms with Crippen LogP contribution in [-0.4, -0.2) is 27.0 Å². The first-order valence-electron chi connectivity index (χ1n) is 6.02. The molecule has 0 saturated carbocycles. The van der Waals surface area contributed by atoms with Gasteiger partial charge in [-0.25, -0.2) is 9.97 Å². The molecule has 2 rings (SSSR count). The Balaban J connectivity index is 2.07. The molecule has 1 amide bonds. The molecule has 0 unspecified atom stereocenters. The second-order valence-corrected chi connectivity index (χ2v) is 4.15. The van der Waals surface area contributed by atoms with Gasteiger partial charge in [0, 0.05) is 30.1 Å². The normalized spacial score (nSPS) is 10.0. The van der Waals surface area contributed by atoms with Crippen LogP contribution in [0.2, 0.25) is 0 Å². The Bertz CT molecular complexity index is 614. The molecule has 2 aromatic rings. The van der Waals surface area contributed by atoms with E-state index in [1.165, 1.54) is 6.33 Å². The summed E-state index contributed by atoms with van der Waals surface area (Å²) in [6, 6.07) is 7.21. The molecule has 0 atom stereocenters. The van der Waals surface area contributed by atoms with Gasteiger partial charge in [0.1, 0.15) is 6.33 Å². The second-order valence-electron chi connectivity index (χ2n) is 4.15. The van der Waals surface area contributed by atoms with E-state index in [0.717, 1.165) is 11.1 Å². The maximum absolute atomic E-state index is 11.6. The maximum atomic E-state index is 11.6. The van der Waals surface area contributed by atoms with Crippen LogP contribution in [0, 0.1) is 0 Å². The van der Waals surface area contributed by atoms with Gasteiger partial charge >= 0.3 is 5.97 Å². The van der Waals surface area contributed by atoms with Gasteiger partial charge in [-0.15, -0.1) is 0 Å². The van der Waals surface area contributed by atoms with Gasteiger partial charge in [-0.1, -0.05) is 12.1 Å². The second kappa shape index (κ2) is 6.42. The van der Waals surface area contributed by atoms with Crippen molar-refractivity contribution in [3.05, 3.63) is 43.0 Å². The minimum absolute atomic E-state index is 0.0476. The first kappa shape index (κ1) is 13.7. The van der Waals surface area contributed by atoms with Crippen molar-refractivity contribution < 1.29 is 14.7 Å². The summed E-state index contributed by atoms with van der Waals surface area (Å²) in [7, 11) is 0. The van der Waals surface area contributed by atoms with Crippen molar-refractivity contribution in [1.82, 2.24) is 9.97 Å². The number of aromatic nitrogens is 2. The molecule has 0 spiro atoms. The smallest absolute Gasteiger partial charge is 0.303 e. The topological polar surface area (TPSA) is 92.2 Å². The average Bonchev–Trinajstić information content (AvgIpc) is 2.46. The van der Waals surface area contributed by atoms with E-state index < -0.39 is 5.97 Å². The number of carbonyl (C=O) groups is 2. The zero-order valence-electron chi connectivity index (χ0n) is 10.6. The van der Waals surface area contributed by atoms with Crippen molar-refractivity contribution in [2.24, 2.45) is 0 Å². The lowest BCUT2D eigenvalue weighted by Crippen LogP contribution is -2.13. The highest BCUT2D eigenvalue weighted by Gasteiger charge is 2.06. The number of carbonyl (C=O) groups excluding carboxylic acids is 1. The summed E-state index contributed by atoms with van der Waals surface area (Å²) in [4.78, 5) is 29.8. The fourth-order valence-corrected chi connectivity index (χ4v) is 1.67. The van der Waals surface area contributed by atoms with Gasteiger partial charge in [0.15, 0.2) is 0 Å². The Morgan fingerprint density at radius 2 is 1.85 bits per heavy atom. The SMILES string of the molecule is O=C(O)CCC(=O)Nc1cccc(-c2cncnc2)c1. The van der Waals surface area contributed by atoms with Crippen LogP contribution in [0.15, 0.2) is 43.0 Å². The summed E-state index contributed by atoms with van der Waals surface area (Å²) in [5, 5.41) is 11.2. The first-order chi connectivity index (χ1) is 9.65. The highest BCUT2D eigenvalue weighted by Crippen LogP contribution is 2.21. The number of aliphatic carboxylic acids is 1. The molecule has 2 N–H and O–H groups in total. The van der Waals surface area contributed by atoms with Gasteiger partial charge in [0.2, 0.25) is 5.91 Å². The van der Waals surface area contributed by atoms with E-state index in [1.54, 1.807) is 30.6 Å². The van der Waals surface area contributed by atoms with E-state index in [1.807, 2.05) is 6.07 Å². The van der Waals surface area contributed by atoms with Crippen LogP contribution in [0.5, 0.6) is 0 Å². The number of anilines is 1. The van der Waals surface area contributed by atoms with Crippen molar-refractivity contribution in [3.63, 3.8) is 0 Å². The minimum atomic E-state index is -0.990. The molecule has 1 aromatic heterocycles. The fraction of sp³-hybridized carbons (Fsp3) is 0.143. The molecule has 0 aliphatic carbocycles. The number of rotatable bonds is 5. The number of carboxylic acids is 1. The zero-order valence-corrected chi connectivity index (χ0v) is 10.6. The van der Waals surface area contributed by atoms with Crippen LogP contribution < -0.4 is 5.32 Å². The highest BCUT2D eigenvalue weighted by molar-refractivity contribution is 5.93. The molecule has 0 bridgehead atoms. The summed E-state index contributed by atoms with van der Waals surface area (Å²) in [5.41, 5.74) is 2.33. The largest absolute Gasteiger partial charge is 0.481 e. The molecule has 0 fully saturated rings. The number of hydrogen-bond donors (Lipinski definition) is 2. The van der Waals surface area contributed by atoms with Crippen LogP contribution in [0.1, 0.15) is 12.8 Å². The van der Waals surface area contributed by atoms with Gasteiger partial charge in [-0.3, -0.25) is 9.59 Å². The molecule has 0 radical (unpaired) electrons. The van der Waals surface area contributed by atoms with Gasteiger partial charge in [-0.05, 0) is 17.7 Å². The summed E-state index contributed by atoms with van der Waals surface area (Å²) in [6.45, 7) is 0. The average molecular weight is 271 g/mol. The number of nitrogens with zero attached hydrogens (tertiary/aromatic N) is 2. The summed E-state index contributed by atoms with van der Waals surface area (Å²) in [5.74, 6) is -1.32. The van der Waals surface area contributed by atoms with E-state index in [9.17, 15) is 9.59 Å². The van der Waals surface area contributed by atoms with E-state index in [4.69, 9.17) is 5.11 Å². The Morgan fingerprint density at radius 1 is 1.10 bits per heavy atom. The van der Waals surface area contributed by atoms with Gasteiger partial charge in [-0.2, -0.15) is 0 Å². The Labute approximate surface area is 115 Å². The maximum Gasteiger partial charge on any atom is 0.303 e. The molecule has 6 heteroatoms. The minimum Gasteiger partial charge on any atom is -0.481 e. The van der Waals surface area contributed by atoms with Gasteiger partial charge < -0.3 is 10.4 Å². The third-order valence-electron chi connectivity index (χ3n) is 2.61. The molecular weight excluding hydrogens is 258 g/mol. The highest BCUT2D eigenvalue weighted by atomic mass is 16.4. The third-order valence-corrected chi connectivity index (χ3v) is 2.61. The molecule has 0 aliphatic rings. The number of hydrogen-bond acceptors (Lipinski definition) is 4. The predicted octanol–water partition coefficient (Wildman–Crippen LogP) is 1.95. The molecule has 102 valence electrons. The molecule has 6 nitrogen and oxygen atoms in total. The fourth-order valence-electron chi connectivity index (χ4n) is 1.67. The molecular formula is C14H13N3O3. The predicted molar refractivity (Wildman–Crippen MR) is 73.0 cm³/mol. The van der Waals surface area contributed by atoms with Gasteiger partial charge in [0.25, 0.3) is 0 Å². The van der Waals surface area contributed by atoms with E-state index >= 15 is 0 Å². The Kier molecular flexibility index (Phi) is 4.39. The summed E-state index contributed by atoms with van der Waals surface area (Å²) >= 11 is 0. The van der Waals surface area contributed by atoms with Crippen LogP contribution in [0.4, 0.5) is 5.69 Å². The monoisotopic (exact) mass is 271 g/mol.